The summed E-state index contributed by atoms with van der Waals surface area (Å²) >= 11 is 12.0. The predicted octanol–water partition coefficient (Wildman–Crippen LogP) is 2.47. The summed E-state index contributed by atoms with van der Waals surface area (Å²) in [5.74, 6) is 0.227. The Morgan fingerprint density at radius 1 is 1.47 bits per heavy atom. The number of hydrogen-bond donors (Lipinski definition) is 1. The summed E-state index contributed by atoms with van der Waals surface area (Å²) in [5.41, 5.74) is 6.53. The molecule has 0 aromatic heterocycles. The quantitative estimate of drug-likeness (QED) is 0.929. The molecule has 1 heterocycles. The molecule has 5 nitrogen and oxygen atoms in total. The summed E-state index contributed by atoms with van der Waals surface area (Å²) in [4.78, 5) is 17.1. The highest BCUT2D eigenvalue weighted by Crippen LogP contribution is 2.33. The van der Waals surface area contributed by atoms with Gasteiger partial charge in [0.1, 0.15) is 11.9 Å². The van der Waals surface area contributed by atoms with Gasteiger partial charge in [0, 0.05) is 29.3 Å². The number of ether oxygens (including phenoxy) is 1. The van der Waals surface area contributed by atoms with Crippen LogP contribution in [-0.2, 0) is 4.74 Å². The second-order valence-corrected chi connectivity index (χ2v) is 4.92. The number of aliphatic imine (C=N–C) groups is 1. The van der Waals surface area contributed by atoms with E-state index in [0.717, 1.165) is 0 Å². The van der Waals surface area contributed by atoms with Gasteiger partial charge >= 0.3 is 6.03 Å². The first-order chi connectivity index (χ1) is 9.04. The number of amidine groups is 1. The summed E-state index contributed by atoms with van der Waals surface area (Å²) in [6, 6.07) is 4.21. The zero-order valence-corrected chi connectivity index (χ0v) is 11.8. The normalized spacial score (nSPS) is 18.9. The van der Waals surface area contributed by atoms with Crippen molar-refractivity contribution < 1.29 is 9.53 Å². The van der Waals surface area contributed by atoms with E-state index in [2.05, 4.69) is 4.99 Å². The molecule has 2 N–H and O–H groups in total. The van der Waals surface area contributed by atoms with Gasteiger partial charge in [-0.1, -0.05) is 29.3 Å². The van der Waals surface area contributed by atoms with Gasteiger partial charge in [-0.05, 0) is 12.1 Å². The fourth-order valence-electron chi connectivity index (χ4n) is 1.97. The van der Waals surface area contributed by atoms with E-state index in [0.29, 0.717) is 28.8 Å². The molecule has 7 heteroatoms. The van der Waals surface area contributed by atoms with Crippen molar-refractivity contribution in [2.75, 3.05) is 20.3 Å². The monoisotopic (exact) mass is 301 g/mol. The molecule has 1 aliphatic heterocycles. The van der Waals surface area contributed by atoms with Crippen molar-refractivity contribution >= 4 is 35.1 Å². The van der Waals surface area contributed by atoms with Crippen LogP contribution in [0.15, 0.2) is 23.2 Å². The summed E-state index contributed by atoms with van der Waals surface area (Å²) < 4.78 is 4.98. The van der Waals surface area contributed by atoms with E-state index in [1.165, 1.54) is 4.90 Å². The number of urea groups is 1. The zero-order chi connectivity index (χ0) is 14.0. The van der Waals surface area contributed by atoms with Gasteiger partial charge in [-0.15, -0.1) is 0 Å². The summed E-state index contributed by atoms with van der Waals surface area (Å²) in [5, 5.41) is 0.977. The topological polar surface area (TPSA) is 67.9 Å². The molecule has 1 aromatic carbocycles. The van der Waals surface area contributed by atoms with Gasteiger partial charge in [0.15, 0.2) is 0 Å². The summed E-state index contributed by atoms with van der Waals surface area (Å²) in [6.07, 6.45) is 0. The van der Waals surface area contributed by atoms with Crippen LogP contribution >= 0.6 is 23.2 Å². The molecule has 0 fully saturated rings. The smallest absolute Gasteiger partial charge is 0.346 e. The highest BCUT2D eigenvalue weighted by molar-refractivity contribution is 6.35. The van der Waals surface area contributed by atoms with Gasteiger partial charge in [0.2, 0.25) is 0 Å². The molecule has 0 spiro atoms. The third kappa shape index (κ3) is 2.83. The van der Waals surface area contributed by atoms with Crippen LogP contribution in [-0.4, -0.2) is 37.0 Å². The lowest BCUT2D eigenvalue weighted by Crippen LogP contribution is -2.35. The van der Waals surface area contributed by atoms with Gasteiger partial charge in [-0.25, -0.2) is 4.79 Å². The van der Waals surface area contributed by atoms with Crippen LogP contribution in [0.3, 0.4) is 0 Å². The lowest BCUT2D eigenvalue weighted by molar-refractivity contribution is 0.150. The maximum atomic E-state index is 11.8. The Balaban J connectivity index is 2.34. The Kier molecular flexibility index (Phi) is 4.29. The van der Waals surface area contributed by atoms with Crippen molar-refractivity contribution in [3.05, 3.63) is 33.8 Å². The fraction of sp³-hybridized carbons (Fsp3) is 0.333. The van der Waals surface area contributed by atoms with E-state index >= 15 is 0 Å². The Hall–Kier alpha value is -1.30. The van der Waals surface area contributed by atoms with Crippen molar-refractivity contribution in [3.63, 3.8) is 0 Å². The van der Waals surface area contributed by atoms with Crippen LogP contribution in [0.2, 0.25) is 10.0 Å². The van der Waals surface area contributed by atoms with Gasteiger partial charge in [0.25, 0.3) is 0 Å². The lowest BCUT2D eigenvalue weighted by atomic mass is 10.1. The average molecular weight is 302 g/mol. The van der Waals surface area contributed by atoms with Crippen molar-refractivity contribution in [1.82, 2.24) is 4.90 Å². The first kappa shape index (κ1) is 14.1. The minimum Gasteiger partial charge on any atom is -0.385 e. The number of methoxy groups -OCH3 is 1. The first-order valence-electron chi connectivity index (χ1n) is 5.63. The molecule has 1 atom stereocenters. The third-order valence-electron chi connectivity index (χ3n) is 2.86. The van der Waals surface area contributed by atoms with Gasteiger partial charge in [0.05, 0.1) is 6.61 Å². The molecule has 0 saturated carbocycles. The molecule has 1 aromatic rings. The van der Waals surface area contributed by atoms with E-state index in [1.807, 2.05) is 0 Å². The molecule has 0 aliphatic carbocycles. The van der Waals surface area contributed by atoms with Crippen LogP contribution in [0.5, 0.6) is 0 Å². The zero-order valence-electron chi connectivity index (χ0n) is 10.3. The number of rotatable bonds is 4. The molecule has 2 amide bonds. The molecule has 0 radical (unpaired) electrons. The minimum absolute atomic E-state index is 0.227. The second-order valence-electron chi connectivity index (χ2n) is 4.07. The van der Waals surface area contributed by atoms with Gasteiger partial charge in [-0.3, -0.25) is 0 Å². The summed E-state index contributed by atoms with van der Waals surface area (Å²) in [7, 11) is 1.56. The maximum Gasteiger partial charge on any atom is 0.346 e. The molecule has 1 unspecified atom stereocenters. The molecule has 2 rings (SSSR count). The standard InChI is InChI=1S/C12H13Cl2N3O2/c1-19-5-4-17-10(11(15)16-12(17)18)8-3-2-7(13)6-9(8)14/h2-3,6,10H,4-5H2,1H3,(H2,15,16,18). The van der Waals surface area contributed by atoms with E-state index in [9.17, 15) is 4.79 Å². The third-order valence-corrected chi connectivity index (χ3v) is 3.42. The van der Waals surface area contributed by atoms with Crippen LogP contribution in [0, 0.1) is 0 Å². The number of carbonyl (C=O) groups excluding carboxylic acids is 1. The van der Waals surface area contributed by atoms with E-state index in [-0.39, 0.29) is 11.9 Å². The first-order valence-corrected chi connectivity index (χ1v) is 6.38. The van der Waals surface area contributed by atoms with Crippen LogP contribution in [0.4, 0.5) is 4.79 Å². The lowest BCUT2D eigenvalue weighted by Gasteiger charge is -2.25. The van der Waals surface area contributed by atoms with E-state index in [1.54, 1.807) is 25.3 Å². The molecular weight excluding hydrogens is 289 g/mol. The van der Waals surface area contributed by atoms with Crippen molar-refractivity contribution in [1.29, 1.82) is 0 Å². The predicted molar refractivity (Wildman–Crippen MR) is 74.8 cm³/mol. The Bertz CT molecular complexity index is 534. The Labute approximate surface area is 120 Å². The molecule has 0 saturated heterocycles. The highest BCUT2D eigenvalue weighted by Gasteiger charge is 2.35. The SMILES string of the molecule is COCCN1C(=O)N=C(N)C1c1ccc(Cl)cc1Cl. The van der Waals surface area contributed by atoms with E-state index in [4.69, 9.17) is 33.7 Å². The van der Waals surface area contributed by atoms with Crippen molar-refractivity contribution in [3.8, 4) is 0 Å². The number of benzene rings is 1. The Morgan fingerprint density at radius 2 is 2.21 bits per heavy atom. The number of carbonyl (C=O) groups is 1. The summed E-state index contributed by atoms with van der Waals surface area (Å²) in [6.45, 7) is 0.791. The number of nitrogens with two attached hydrogens (primary N) is 1. The second kappa shape index (κ2) is 5.77. The fourth-order valence-corrected chi connectivity index (χ4v) is 2.48. The van der Waals surface area contributed by atoms with Crippen LogP contribution < -0.4 is 5.73 Å². The average Bonchev–Trinajstić information content (AvgIpc) is 2.62. The number of halogens is 2. The Morgan fingerprint density at radius 3 is 2.84 bits per heavy atom. The minimum atomic E-state index is -0.465. The maximum absolute atomic E-state index is 11.8. The van der Waals surface area contributed by atoms with E-state index < -0.39 is 6.04 Å². The number of hydrogen-bond acceptors (Lipinski definition) is 3. The largest absolute Gasteiger partial charge is 0.385 e. The van der Waals surface area contributed by atoms with Crippen molar-refractivity contribution in [2.45, 2.75) is 6.04 Å². The molecule has 102 valence electrons. The molecule has 1 aliphatic rings. The van der Waals surface area contributed by atoms with Gasteiger partial charge < -0.3 is 15.4 Å². The molecule has 19 heavy (non-hydrogen) atoms. The highest BCUT2D eigenvalue weighted by atomic mass is 35.5. The van der Waals surface area contributed by atoms with Crippen LogP contribution in [0.1, 0.15) is 11.6 Å². The number of nitrogens with zero attached hydrogens (tertiary/aromatic N) is 2. The van der Waals surface area contributed by atoms with Crippen LogP contribution in [0.25, 0.3) is 0 Å². The van der Waals surface area contributed by atoms with Gasteiger partial charge in [-0.2, -0.15) is 4.99 Å². The molecular formula is C12H13Cl2N3O2. The number of amides is 2. The molecule has 0 bridgehead atoms. The van der Waals surface area contributed by atoms with Crippen molar-refractivity contribution in [2.24, 2.45) is 10.7 Å².